The van der Waals surface area contributed by atoms with Crippen molar-refractivity contribution in [3.63, 3.8) is 0 Å². The predicted molar refractivity (Wildman–Crippen MR) is 93.6 cm³/mol. The van der Waals surface area contributed by atoms with E-state index in [1.54, 1.807) is 6.07 Å². The maximum Gasteiger partial charge on any atom is 0.223 e. The van der Waals surface area contributed by atoms with E-state index in [1.165, 1.54) is 11.3 Å². The summed E-state index contributed by atoms with van der Waals surface area (Å²) in [6, 6.07) is 1.58. The first-order valence-electron chi connectivity index (χ1n) is 8.01. The zero-order valence-electron chi connectivity index (χ0n) is 12.8. The van der Waals surface area contributed by atoms with Crippen LogP contribution in [-0.4, -0.2) is 42.8 Å². The van der Waals surface area contributed by atoms with Crippen LogP contribution in [-0.2, 0) is 4.79 Å². The van der Waals surface area contributed by atoms with Crippen molar-refractivity contribution in [2.45, 2.75) is 25.7 Å². The average molecular weight is 375 g/mol. The van der Waals surface area contributed by atoms with Crippen molar-refractivity contribution in [1.82, 2.24) is 10.2 Å². The highest BCUT2D eigenvalue weighted by atomic mass is 35.5. The number of nitrogens with one attached hydrogen (secondary N) is 1. The molecule has 2 atom stereocenters. The molecule has 0 radical (unpaired) electrons. The standard InChI is InChI=1S/C16H20Cl2N2O2S/c17-14-7-12(16(18)23-14)13(21)1-2-15(22)20-5-3-10-8-19-9-11(10)4-6-20/h7,10-11,19H,1-6,8-9H2/t10-,11+. The summed E-state index contributed by atoms with van der Waals surface area (Å²) in [6.45, 7) is 3.76. The van der Waals surface area contributed by atoms with E-state index in [-0.39, 0.29) is 24.5 Å². The molecule has 0 aromatic carbocycles. The Bertz CT molecular complexity index is 591. The molecule has 4 nitrogen and oxygen atoms in total. The molecule has 2 aliphatic heterocycles. The van der Waals surface area contributed by atoms with Gasteiger partial charge in [0.1, 0.15) is 4.34 Å². The quantitative estimate of drug-likeness (QED) is 0.820. The smallest absolute Gasteiger partial charge is 0.223 e. The monoisotopic (exact) mass is 374 g/mol. The molecule has 1 amide bonds. The van der Waals surface area contributed by atoms with E-state index in [4.69, 9.17) is 23.2 Å². The van der Waals surface area contributed by atoms with Gasteiger partial charge >= 0.3 is 0 Å². The number of carbonyl (C=O) groups is 2. The van der Waals surface area contributed by atoms with Crippen molar-refractivity contribution in [2.75, 3.05) is 26.2 Å². The summed E-state index contributed by atoms with van der Waals surface area (Å²) in [5.74, 6) is 1.36. The molecule has 0 spiro atoms. The Morgan fingerprint density at radius 3 is 2.39 bits per heavy atom. The minimum absolute atomic E-state index is 0.0729. The Hall–Kier alpha value is -0.620. The summed E-state index contributed by atoms with van der Waals surface area (Å²) in [4.78, 5) is 26.5. The van der Waals surface area contributed by atoms with Crippen LogP contribution in [0.2, 0.25) is 8.67 Å². The van der Waals surface area contributed by atoms with Crippen LogP contribution < -0.4 is 5.32 Å². The van der Waals surface area contributed by atoms with E-state index < -0.39 is 0 Å². The predicted octanol–water partition coefficient (Wildman–Crippen LogP) is 3.48. The second kappa shape index (κ2) is 7.51. The van der Waals surface area contributed by atoms with Gasteiger partial charge in [-0.25, -0.2) is 0 Å². The van der Waals surface area contributed by atoms with Crippen LogP contribution in [0.5, 0.6) is 0 Å². The van der Waals surface area contributed by atoms with E-state index in [0.29, 0.717) is 26.1 Å². The van der Waals surface area contributed by atoms with Crippen molar-refractivity contribution in [1.29, 1.82) is 0 Å². The maximum atomic E-state index is 12.4. The molecule has 2 fully saturated rings. The summed E-state index contributed by atoms with van der Waals surface area (Å²) >= 11 is 13.0. The lowest BCUT2D eigenvalue weighted by atomic mass is 9.92. The lowest BCUT2D eigenvalue weighted by molar-refractivity contribution is -0.131. The van der Waals surface area contributed by atoms with Crippen LogP contribution in [0.4, 0.5) is 0 Å². The number of hydrogen-bond donors (Lipinski definition) is 1. The third kappa shape index (κ3) is 4.08. The fourth-order valence-electron chi connectivity index (χ4n) is 3.51. The van der Waals surface area contributed by atoms with Gasteiger partial charge in [-0.05, 0) is 43.8 Å². The fourth-order valence-corrected chi connectivity index (χ4v) is 5.01. The number of amides is 1. The Balaban J connectivity index is 1.51. The summed E-state index contributed by atoms with van der Waals surface area (Å²) in [7, 11) is 0. The first-order chi connectivity index (χ1) is 11.0. The highest BCUT2D eigenvalue weighted by Gasteiger charge is 2.31. The van der Waals surface area contributed by atoms with Crippen molar-refractivity contribution in [3.8, 4) is 0 Å². The first kappa shape index (κ1) is 17.2. The van der Waals surface area contributed by atoms with Gasteiger partial charge in [-0.1, -0.05) is 23.2 Å². The average Bonchev–Trinajstić information content (AvgIpc) is 3.05. The molecule has 2 saturated heterocycles. The van der Waals surface area contributed by atoms with E-state index in [0.717, 1.165) is 39.0 Å². The number of hydrogen-bond acceptors (Lipinski definition) is 4. The SMILES string of the molecule is O=C(CCC(=O)N1CC[C@@H]2CNC[C@@H]2CC1)c1cc(Cl)sc1Cl. The van der Waals surface area contributed by atoms with Crippen LogP contribution in [0.15, 0.2) is 6.07 Å². The molecular formula is C16H20Cl2N2O2S. The molecule has 0 saturated carbocycles. The number of nitrogens with zero attached hydrogens (tertiary/aromatic N) is 1. The summed E-state index contributed by atoms with van der Waals surface area (Å²) in [5.41, 5.74) is 0.436. The molecule has 1 aromatic rings. The van der Waals surface area contributed by atoms with E-state index >= 15 is 0 Å². The Morgan fingerprint density at radius 1 is 1.17 bits per heavy atom. The lowest BCUT2D eigenvalue weighted by Gasteiger charge is -2.20. The van der Waals surface area contributed by atoms with Crippen molar-refractivity contribution >= 4 is 46.2 Å². The van der Waals surface area contributed by atoms with Gasteiger partial charge in [0.2, 0.25) is 5.91 Å². The molecule has 1 aromatic heterocycles. The zero-order chi connectivity index (χ0) is 16.4. The second-order valence-corrected chi connectivity index (χ2v) is 8.58. The highest BCUT2D eigenvalue weighted by Crippen LogP contribution is 2.32. The third-order valence-corrected chi connectivity index (χ3v) is 6.38. The van der Waals surface area contributed by atoms with Gasteiger partial charge in [0.15, 0.2) is 5.78 Å². The molecule has 7 heteroatoms. The van der Waals surface area contributed by atoms with E-state index in [9.17, 15) is 9.59 Å². The van der Waals surface area contributed by atoms with Crippen LogP contribution in [0, 0.1) is 11.8 Å². The third-order valence-electron chi connectivity index (χ3n) is 4.90. The molecule has 3 rings (SSSR count). The minimum Gasteiger partial charge on any atom is -0.343 e. The topological polar surface area (TPSA) is 49.4 Å². The summed E-state index contributed by atoms with van der Waals surface area (Å²) in [5, 5.41) is 3.43. The van der Waals surface area contributed by atoms with Crippen molar-refractivity contribution in [3.05, 3.63) is 20.3 Å². The van der Waals surface area contributed by atoms with Crippen LogP contribution in [0.3, 0.4) is 0 Å². The summed E-state index contributed by atoms with van der Waals surface area (Å²) < 4.78 is 0.903. The number of ketones is 1. The Morgan fingerprint density at radius 2 is 1.83 bits per heavy atom. The number of halogens is 2. The molecule has 126 valence electrons. The maximum absolute atomic E-state index is 12.4. The van der Waals surface area contributed by atoms with E-state index in [2.05, 4.69) is 5.32 Å². The van der Waals surface area contributed by atoms with Crippen LogP contribution in [0.25, 0.3) is 0 Å². The van der Waals surface area contributed by atoms with Gasteiger partial charge in [0, 0.05) is 31.5 Å². The molecule has 3 heterocycles. The molecule has 2 aliphatic rings. The molecule has 23 heavy (non-hydrogen) atoms. The Labute approximate surface area is 150 Å². The van der Waals surface area contributed by atoms with Crippen molar-refractivity contribution < 1.29 is 9.59 Å². The first-order valence-corrected chi connectivity index (χ1v) is 9.58. The normalized spacial score (nSPS) is 24.3. The number of rotatable bonds is 4. The number of likely N-dealkylation sites (tertiary alicyclic amines) is 1. The number of thiophene rings is 1. The van der Waals surface area contributed by atoms with Crippen LogP contribution in [0.1, 0.15) is 36.0 Å². The van der Waals surface area contributed by atoms with Gasteiger partial charge in [-0.3, -0.25) is 9.59 Å². The number of carbonyl (C=O) groups excluding carboxylic acids is 2. The Kier molecular flexibility index (Phi) is 5.62. The molecule has 1 N–H and O–H groups in total. The number of fused-ring (bicyclic) bond motifs is 1. The van der Waals surface area contributed by atoms with Crippen molar-refractivity contribution in [2.24, 2.45) is 11.8 Å². The van der Waals surface area contributed by atoms with Gasteiger partial charge < -0.3 is 10.2 Å². The zero-order valence-corrected chi connectivity index (χ0v) is 15.1. The largest absolute Gasteiger partial charge is 0.343 e. The second-order valence-electron chi connectivity index (χ2n) is 6.30. The molecular weight excluding hydrogens is 355 g/mol. The van der Waals surface area contributed by atoms with E-state index in [1.807, 2.05) is 4.90 Å². The minimum atomic E-state index is -0.109. The molecule has 0 bridgehead atoms. The fraction of sp³-hybridized carbons (Fsp3) is 0.625. The van der Waals surface area contributed by atoms with Gasteiger partial charge in [-0.15, -0.1) is 11.3 Å². The van der Waals surface area contributed by atoms with Gasteiger partial charge in [0.05, 0.1) is 4.34 Å². The number of Topliss-reactive ketones (excluding diaryl/α,β-unsaturated/α-hetero) is 1. The lowest BCUT2D eigenvalue weighted by Crippen LogP contribution is -2.32. The summed E-state index contributed by atoms with van der Waals surface area (Å²) in [6.07, 6.45) is 2.55. The van der Waals surface area contributed by atoms with Gasteiger partial charge in [-0.2, -0.15) is 0 Å². The van der Waals surface area contributed by atoms with Crippen LogP contribution >= 0.6 is 34.5 Å². The van der Waals surface area contributed by atoms with Gasteiger partial charge in [0.25, 0.3) is 0 Å². The molecule has 0 aliphatic carbocycles. The molecule has 0 unspecified atom stereocenters. The highest BCUT2D eigenvalue weighted by molar-refractivity contribution is 7.20.